The van der Waals surface area contributed by atoms with Gasteiger partial charge in [-0.05, 0) is 24.1 Å². The summed E-state index contributed by atoms with van der Waals surface area (Å²) in [6.07, 6.45) is 1.69. The summed E-state index contributed by atoms with van der Waals surface area (Å²) in [5.41, 5.74) is 2.34. The van der Waals surface area contributed by atoms with Crippen molar-refractivity contribution in [2.45, 2.75) is 13.2 Å². The molecule has 0 aliphatic carbocycles. The van der Waals surface area contributed by atoms with Crippen molar-refractivity contribution in [1.82, 2.24) is 0 Å². The smallest absolute Gasteiger partial charge is 0.176 e. The third-order valence-electron chi connectivity index (χ3n) is 2.08. The first-order chi connectivity index (χ1) is 6.77. The van der Waals surface area contributed by atoms with E-state index in [0.717, 1.165) is 5.57 Å². The van der Waals surface area contributed by atoms with Crippen molar-refractivity contribution in [2.75, 3.05) is 14.2 Å². The molecular weight excluding hydrogens is 176 g/mol. The van der Waals surface area contributed by atoms with Crippen LogP contribution in [-0.4, -0.2) is 20.5 Å². The zero-order chi connectivity index (χ0) is 10.4. The predicted molar refractivity (Wildman–Crippen MR) is 57.9 cm³/mol. The van der Waals surface area contributed by atoms with E-state index >= 15 is 0 Å². The van der Waals surface area contributed by atoms with Gasteiger partial charge in [0.05, 0.1) is 0 Å². The molecule has 1 aromatic carbocycles. The van der Waals surface area contributed by atoms with Crippen LogP contribution in [0.3, 0.4) is 0 Å². The van der Waals surface area contributed by atoms with Gasteiger partial charge in [-0.1, -0.05) is 30.3 Å². The molecule has 0 spiro atoms. The van der Waals surface area contributed by atoms with Crippen LogP contribution in [0.25, 0.3) is 5.57 Å². The molecule has 0 unspecified atom stereocenters. The highest BCUT2D eigenvalue weighted by molar-refractivity contribution is 5.63. The molecule has 2 nitrogen and oxygen atoms in total. The molecular formula is C12H16O2. The molecule has 0 radical (unpaired) electrons. The fraction of sp³-hybridized carbons (Fsp3) is 0.333. The standard InChI is InChI=1S/C12H16O2/c1-10(9-12(13-2)14-3)11-7-5-4-6-8-11/h4-9,12H,1-3H3. The SMILES string of the molecule is COC(C=C(C)c1ccccc1)OC. The summed E-state index contributed by atoms with van der Waals surface area (Å²) in [6.45, 7) is 2.04. The van der Waals surface area contributed by atoms with E-state index in [1.807, 2.05) is 31.2 Å². The number of benzene rings is 1. The van der Waals surface area contributed by atoms with Crippen molar-refractivity contribution in [3.8, 4) is 0 Å². The molecule has 0 amide bonds. The average molecular weight is 192 g/mol. The zero-order valence-electron chi connectivity index (χ0n) is 8.86. The number of hydrogen-bond acceptors (Lipinski definition) is 2. The van der Waals surface area contributed by atoms with Gasteiger partial charge in [-0.3, -0.25) is 0 Å². The third-order valence-corrected chi connectivity index (χ3v) is 2.08. The van der Waals surface area contributed by atoms with Crippen LogP contribution in [0.2, 0.25) is 0 Å². The van der Waals surface area contributed by atoms with Crippen LogP contribution in [-0.2, 0) is 9.47 Å². The van der Waals surface area contributed by atoms with E-state index in [0.29, 0.717) is 0 Å². The second kappa shape index (κ2) is 5.58. The van der Waals surface area contributed by atoms with Gasteiger partial charge in [0.15, 0.2) is 6.29 Å². The molecule has 0 heterocycles. The minimum absolute atomic E-state index is 0.268. The molecule has 0 atom stereocenters. The van der Waals surface area contributed by atoms with Crippen LogP contribution in [0.5, 0.6) is 0 Å². The van der Waals surface area contributed by atoms with Crippen molar-refractivity contribution in [3.63, 3.8) is 0 Å². The minimum Gasteiger partial charge on any atom is -0.352 e. The minimum atomic E-state index is -0.268. The van der Waals surface area contributed by atoms with Crippen molar-refractivity contribution >= 4 is 5.57 Å². The lowest BCUT2D eigenvalue weighted by molar-refractivity contribution is -0.0663. The fourth-order valence-corrected chi connectivity index (χ4v) is 1.23. The predicted octanol–water partition coefficient (Wildman–Crippen LogP) is 2.71. The lowest BCUT2D eigenvalue weighted by Crippen LogP contribution is -2.09. The van der Waals surface area contributed by atoms with Gasteiger partial charge in [0.25, 0.3) is 0 Å². The molecule has 0 aliphatic rings. The molecule has 0 aromatic heterocycles. The van der Waals surface area contributed by atoms with E-state index < -0.39 is 0 Å². The Hall–Kier alpha value is -1.12. The lowest BCUT2D eigenvalue weighted by atomic mass is 10.1. The fourth-order valence-electron chi connectivity index (χ4n) is 1.23. The normalized spacial score (nSPS) is 12.1. The molecule has 2 heteroatoms. The summed E-state index contributed by atoms with van der Waals surface area (Å²) in [6, 6.07) is 10.2. The Bertz CT molecular complexity index is 286. The van der Waals surface area contributed by atoms with Crippen LogP contribution < -0.4 is 0 Å². The van der Waals surface area contributed by atoms with Gasteiger partial charge in [-0.15, -0.1) is 0 Å². The molecule has 0 saturated heterocycles. The first-order valence-electron chi connectivity index (χ1n) is 4.57. The van der Waals surface area contributed by atoms with E-state index in [2.05, 4.69) is 12.1 Å². The molecule has 0 saturated carbocycles. The van der Waals surface area contributed by atoms with Gasteiger partial charge in [-0.25, -0.2) is 0 Å². The Labute approximate surface area is 85.2 Å². The summed E-state index contributed by atoms with van der Waals surface area (Å²) in [5.74, 6) is 0. The number of ether oxygens (including phenoxy) is 2. The van der Waals surface area contributed by atoms with Crippen molar-refractivity contribution in [2.24, 2.45) is 0 Å². The molecule has 0 aliphatic heterocycles. The highest BCUT2D eigenvalue weighted by atomic mass is 16.7. The van der Waals surface area contributed by atoms with Crippen LogP contribution in [0.1, 0.15) is 12.5 Å². The average Bonchev–Trinajstić information content (AvgIpc) is 2.26. The molecule has 14 heavy (non-hydrogen) atoms. The number of hydrogen-bond donors (Lipinski definition) is 0. The van der Waals surface area contributed by atoms with Gasteiger partial charge < -0.3 is 9.47 Å². The van der Waals surface area contributed by atoms with E-state index in [1.54, 1.807) is 14.2 Å². The molecule has 0 fully saturated rings. The maximum absolute atomic E-state index is 5.09. The Morgan fingerprint density at radius 1 is 1.14 bits per heavy atom. The molecule has 0 bridgehead atoms. The third kappa shape index (κ3) is 2.98. The molecule has 0 N–H and O–H groups in total. The molecule has 1 rings (SSSR count). The maximum atomic E-state index is 5.09. The van der Waals surface area contributed by atoms with Crippen LogP contribution in [0, 0.1) is 0 Å². The summed E-state index contributed by atoms with van der Waals surface area (Å²) < 4.78 is 10.2. The van der Waals surface area contributed by atoms with Crippen molar-refractivity contribution < 1.29 is 9.47 Å². The molecule has 76 valence electrons. The van der Waals surface area contributed by atoms with Crippen LogP contribution >= 0.6 is 0 Å². The summed E-state index contributed by atoms with van der Waals surface area (Å²) in [4.78, 5) is 0. The Morgan fingerprint density at radius 3 is 2.21 bits per heavy atom. The second-order valence-electron chi connectivity index (χ2n) is 3.06. The van der Waals surface area contributed by atoms with Crippen LogP contribution in [0.15, 0.2) is 36.4 Å². The quantitative estimate of drug-likeness (QED) is 0.683. The van der Waals surface area contributed by atoms with Crippen molar-refractivity contribution in [3.05, 3.63) is 42.0 Å². The van der Waals surface area contributed by atoms with E-state index in [9.17, 15) is 0 Å². The summed E-state index contributed by atoms with van der Waals surface area (Å²) in [5, 5.41) is 0. The van der Waals surface area contributed by atoms with Crippen molar-refractivity contribution in [1.29, 1.82) is 0 Å². The van der Waals surface area contributed by atoms with Gasteiger partial charge in [0.1, 0.15) is 0 Å². The van der Waals surface area contributed by atoms with Gasteiger partial charge in [-0.2, -0.15) is 0 Å². The maximum Gasteiger partial charge on any atom is 0.176 e. The van der Waals surface area contributed by atoms with E-state index in [-0.39, 0.29) is 6.29 Å². The largest absolute Gasteiger partial charge is 0.352 e. The summed E-state index contributed by atoms with van der Waals surface area (Å²) in [7, 11) is 3.26. The first-order valence-corrected chi connectivity index (χ1v) is 4.57. The highest BCUT2D eigenvalue weighted by Gasteiger charge is 2.01. The Kier molecular flexibility index (Phi) is 4.36. The highest BCUT2D eigenvalue weighted by Crippen LogP contribution is 2.14. The number of rotatable bonds is 4. The van der Waals surface area contributed by atoms with Gasteiger partial charge in [0, 0.05) is 14.2 Å². The lowest BCUT2D eigenvalue weighted by Gasteiger charge is -2.10. The number of methoxy groups -OCH3 is 2. The Morgan fingerprint density at radius 2 is 1.71 bits per heavy atom. The van der Waals surface area contributed by atoms with Crippen LogP contribution in [0.4, 0.5) is 0 Å². The number of allylic oxidation sites excluding steroid dienone is 1. The zero-order valence-corrected chi connectivity index (χ0v) is 8.86. The molecule has 1 aromatic rings. The first kappa shape index (κ1) is 11.0. The monoisotopic (exact) mass is 192 g/mol. The van der Waals surface area contributed by atoms with Gasteiger partial charge in [0.2, 0.25) is 0 Å². The second-order valence-corrected chi connectivity index (χ2v) is 3.06. The van der Waals surface area contributed by atoms with E-state index in [1.165, 1.54) is 5.56 Å². The summed E-state index contributed by atoms with van der Waals surface area (Å²) >= 11 is 0. The topological polar surface area (TPSA) is 18.5 Å². The Balaban J connectivity index is 2.78. The van der Waals surface area contributed by atoms with E-state index in [4.69, 9.17) is 9.47 Å². The van der Waals surface area contributed by atoms with Gasteiger partial charge >= 0.3 is 0 Å².